The van der Waals surface area contributed by atoms with Crippen molar-refractivity contribution in [2.45, 2.75) is 77.0 Å². The summed E-state index contributed by atoms with van der Waals surface area (Å²) in [5, 5.41) is 8.91. The molecule has 1 N–H and O–H groups in total. The average molecular weight is 541 g/mol. The predicted molar refractivity (Wildman–Crippen MR) is 163 cm³/mol. The Labute approximate surface area is 240 Å². The number of aliphatic hydroxyl groups excluding tert-OH is 1. The second-order valence-corrected chi connectivity index (χ2v) is 11.1. The maximum Gasteiger partial charge on any atom is 0.335 e. The molecule has 0 spiro atoms. The number of benzene rings is 3. The third-order valence-electron chi connectivity index (χ3n) is 8.20. The van der Waals surface area contributed by atoms with Crippen molar-refractivity contribution in [1.29, 1.82) is 0 Å². The maximum atomic E-state index is 11.5. The molecule has 1 aliphatic rings. The molecule has 0 radical (unpaired) electrons. The minimum Gasteiger partial charge on any atom is -0.490 e. The smallest absolute Gasteiger partial charge is 0.335 e. The van der Waals surface area contributed by atoms with Crippen molar-refractivity contribution < 1.29 is 19.4 Å². The summed E-state index contributed by atoms with van der Waals surface area (Å²) in [5.41, 5.74) is 8.34. The molecule has 1 saturated carbocycles. The zero-order valence-electron chi connectivity index (χ0n) is 24.2. The Balaban J connectivity index is 1.25. The lowest BCUT2D eigenvalue weighted by molar-refractivity contribution is -0.140. The van der Waals surface area contributed by atoms with Gasteiger partial charge in [-0.3, -0.25) is 0 Å². The van der Waals surface area contributed by atoms with Crippen LogP contribution >= 0.6 is 0 Å². The maximum absolute atomic E-state index is 11.5. The average Bonchev–Trinajstić information content (AvgIpc) is 2.99. The van der Waals surface area contributed by atoms with Crippen LogP contribution < -0.4 is 4.74 Å². The summed E-state index contributed by atoms with van der Waals surface area (Å²) >= 11 is 0. The van der Waals surface area contributed by atoms with Gasteiger partial charge in [0.2, 0.25) is 0 Å². The highest BCUT2D eigenvalue weighted by molar-refractivity contribution is 5.87. The van der Waals surface area contributed by atoms with Gasteiger partial charge in [0.25, 0.3) is 0 Å². The molecule has 0 bridgehead atoms. The van der Waals surface area contributed by atoms with Gasteiger partial charge in [-0.15, -0.1) is 0 Å². The van der Waals surface area contributed by atoms with Crippen molar-refractivity contribution in [3.8, 4) is 16.9 Å². The van der Waals surface area contributed by atoms with Gasteiger partial charge in [-0.25, -0.2) is 4.79 Å². The molecule has 0 amide bonds. The van der Waals surface area contributed by atoms with Crippen LogP contribution in [-0.2, 0) is 16.0 Å². The van der Waals surface area contributed by atoms with Gasteiger partial charge in [-0.1, -0.05) is 80.9 Å². The first-order valence-corrected chi connectivity index (χ1v) is 14.9. The fourth-order valence-electron chi connectivity index (χ4n) is 5.75. The summed E-state index contributed by atoms with van der Waals surface area (Å²) in [6, 6.07) is 24.6. The van der Waals surface area contributed by atoms with E-state index in [1.54, 1.807) is 0 Å². The summed E-state index contributed by atoms with van der Waals surface area (Å²) in [6.07, 6.45) is 9.81. The summed E-state index contributed by atoms with van der Waals surface area (Å²) < 4.78 is 10.7. The van der Waals surface area contributed by atoms with Gasteiger partial charge in [-0.2, -0.15) is 0 Å². The minimum absolute atomic E-state index is 0.0462. The molecule has 3 aromatic carbocycles. The van der Waals surface area contributed by atoms with Crippen molar-refractivity contribution in [2.24, 2.45) is 0 Å². The van der Waals surface area contributed by atoms with Crippen molar-refractivity contribution in [3.63, 3.8) is 0 Å². The number of rotatable bonds is 13. The normalized spacial score (nSPS) is 16.9. The molecule has 0 aliphatic heterocycles. The molecule has 4 rings (SSSR count). The van der Waals surface area contributed by atoms with Crippen molar-refractivity contribution in [3.05, 3.63) is 101 Å². The van der Waals surface area contributed by atoms with Crippen LogP contribution in [0.15, 0.2) is 78.9 Å². The van der Waals surface area contributed by atoms with Gasteiger partial charge in [0, 0.05) is 0 Å². The van der Waals surface area contributed by atoms with Crippen LogP contribution in [-0.4, -0.2) is 30.9 Å². The molecule has 0 saturated heterocycles. The van der Waals surface area contributed by atoms with Gasteiger partial charge in [-0.05, 0) is 103 Å². The largest absolute Gasteiger partial charge is 0.490 e. The number of carbonyl (C=O) groups is 1. The predicted octanol–water partition coefficient (Wildman–Crippen LogP) is 8.31. The molecule has 0 atom stereocenters. The van der Waals surface area contributed by atoms with Crippen LogP contribution in [0.25, 0.3) is 11.1 Å². The van der Waals surface area contributed by atoms with Crippen LogP contribution in [0.3, 0.4) is 0 Å². The Bertz CT molecular complexity index is 1230. The van der Waals surface area contributed by atoms with Gasteiger partial charge < -0.3 is 14.6 Å². The van der Waals surface area contributed by atoms with Gasteiger partial charge in [0.1, 0.15) is 19.0 Å². The highest BCUT2D eigenvalue weighted by Gasteiger charge is 2.24. The second-order valence-electron chi connectivity index (χ2n) is 11.1. The van der Waals surface area contributed by atoms with Gasteiger partial charge in [0.15, 0.2) is 0 Å². The van der Waals surface area contributed by atoms with Crippen LogP contribution in [0.5, 0.6) is 5.75 Å². The Hall–Kier alpha value is -3.37. The van der Waals surface area contributed by atoms with Crippen molar-refractivity contribution in [1.82, 2.24) is 0 Å². The Kier molecular flexibility index (Phi) is 11.0. The first-order valence-electron chi connectivity index (χ1n) is 14.9. The topological polar surface area (TPSA) is 55.8 Å². The standard InChI is InChI=1S/C36H44O4/c1-4-5-6-7-28-8-10-32(11-9-28)35-21-18-33(24-26(35)2)31-14-12-29(13-15-31)30-16-19-34(20-17-30)39-22-23-40-36(38)27(3)25-37/h8-11,16-21,24,29,31,37H,3-7,12-15,22-23,25H2,1-2H3. The zero-order valence-corrected chi connectivity index (χ0v) is 24.2. The minimum atomic E-state index is -0.592. The van der Waals surface area contributed by atoms with Gasteiger partial charge >= 0.3 is 5.97 Å². The van der Waals surface area contributed by atoms with E-state index in [4.69, 9.17) is 14.6 Å². The molecule has 0 heterocycles. The third-order valence-corrected chi connectivity index (χ3v) is 8.20. The van der Waals surface area contributed by atoms with E-state index in [1.807, 2.05) is 12.1 Å². The molecule has 3 aromatic rings. The zero-order chi connectivity index (χ0) is 28.3. The SMILES string of the molecule is C=C(CO)C(=O)OCCOc1ccc(C2CCC(c3ccc(-c4ccc(CCCCC)cc4)c(C)c3)CC2)cc1. The van der Waals surface area contributed by atoms with Crippen molar-refractivity contribution >= 4 is 5.97 Å². The molecule has 0 aromatic heterocycles. The molecule has 1 aliphatic carbocycles. The van der Waals surface area contributed by atoms with Gasteiger partial charge in [0.05, 0.1) is 12.2 Å². The van der Waals surface area contributed by atoms with E-state index in [2.05, 4.69) is 75.0 Å². The quantitative estimate of drug-likeness (QED) is 0.135. The number of unbranched alkanes of at least 4 members (excludes halogenated alkanes) is 2. The lowest BCUT2D eigenvalue weighted by atomic mass is 9.76. The van der Waals surface area contributed by atoms with E-state index in [0.717, 1.165) is 5.75 Å². The van der Waals surface area contributed by atoms with E-state index in [1.165, 1.54) is 84.7 Å². The Morgan fingerprint density at radius 1 is 0.875 bits per heavy atom. The van der Waals surface area contributed by atoms with E-state index < -0.39 is 12.6 Å². The van der Waals surface area contributed by atoms with E-state index in [9.17, 15) is 4.79 Å². The van der Waals surface area contributed by atoms with E-state index >= 15 is 0 Å². The summed E-state index contributed by atoms with van der Waals surface area (Å²) in [5.74, 6) is 1.37. The Morgan fingerprint density at radius 2 is 1.52 bits per heavy atom. The highest BCUT2D eigenvalue weighted by Crippen LogP contribution is 2.41. The summed E-state index contributed by atoms with van der Waals surface area (Å²) in [7, 11) is 0. The number of aliphatic hydroxyl groups is 1. The fraction of sp³-hybridized carbons (Fsp3) is 0.417. The molecule has 1 fully saturated rings. The lowest BCUT2D eigenvalue weighted by Crippen LogP contribution is -2.15. The van der Waals surface area contributed by atoms with Crippen LogP contribution in [0.1, 0.15) is 86.0 Å². The van der Waals surface area contributed by atoms with Crippen LogP contribution in [0.2, 0.25) is 0 Å². The van der Waals surface area contributed by atoms with Crippen LogP contribution in [0.4, 0.5) is 0 Å². The summed E-state index contributed by atoms with van der Waals surface area (Å²) in [6.45, 7) is 7.94. The summed E-state index contributed by atoms with van der Waals surface area (Å²) in [4.78, 5) is 11.5. The van der Waals surface area contributed by atoms with E-state index in [-0.39, 0.29) is 18.8 Å². The fourth-order valence-corrected chi connectivity index (χ4v) is 5.75. The molecule has 0 unspecified atom stereocenters. The van der Waals surface area contributed by atoms with Crippen molar-refractivity contribution in [2.75, 3.05) is 19.8 Å². The molecule has 212 valence electrons. The Morgan fingerprint density at radius 3 is 2.15 bits per heavy atom. The molecular formula is C36H44O4. The number of hydrogen-bond acceptors (Lipinski definition) is 4. The monoisotopic (exact) mass is 540 g/mol. The molecule has 40 heavy (non-hydrogen) atoms. The number of aryl methyl sites for hydroxylation is 2. The third kappa shape index (κ3) is 8.08. The number of hydrogen-bond donors (Lipinski definition) is 1. The number of carbonyl (C=O) groups excluding carboxylic acids is 1. The van der Waals surface area contributed by atoms with Crippen LogP contribution in [0, 0.1) is 6.92 Å². The lowest BCUT2D eigenvalue weighted by Gasteiger charge is -2.29. The first-order chi connectivity index (χ1) is 19.5. The second kappa shape index (κ2) is 14.9. The highest BCUT2D eigenvalue weighted by atomic mass is 16.6. The molecule has 4 heteroatoms. The molecule has 4 nitrogen and oxygen atoms in total. The first kappa shape index (κ1) is 29.6. The number of ether oxygens (including phenoxy) is 2. The molecular weight excluding hydrogens is 496 g/mol. The number of esters is 1. The van der Waals surface area contributed by atoms with E-state index in [0.29, 0.717) is 11.8 Å².